The van der Waals surface area contributed by atoms with E-state index in [1.165, 1.54) is 18.6 Å². The molecule has 2 atom stereocenters. The van der Waals surface area contributed by atoms with Crippen LogP contribution in [0.25, 0.3) is 0 Å². The summed E-state index contributed by atoms with van der Waals surface area (Å²) in [7, 11) is 0. The molecule has 2 unspecified atom stereocenters. The highest BCUT2D eigenvalue weighted by molar-refractivity contribution is 5.68. The Kier molecular flexibility index (Phi) is 7.96. The van der Waals surface area contributed by atoms with Crippen molar-refractivity contribution in [2.24, 2.45) is 5.92 Å². The van der Waals surface area contributed by atoms with Gasteiger partial charge in [0.05, 0.1) is 5.56 Å². The van der Waals surface area contributed by atoms with Crippen LogP contribution in [-0.2, 0) is 10.9 Å². The largest absolute Gasteiger partial charge is 0.489 e. The third kappa shape index (κ3) is 7.29. The standard InChI is InChI=1S/C24H35F3N2O3/c1-23(2,3)32-22(30)29-15-7-8-18(16-29)21(17-28-13-5-4-6-14-28)31-20-11-9-19(10-12-20)24(25,26)27/h9-12,18,21H,4-8,13-17H2,1-3H3. The lowest BCUT2D eigenvalue weighted by atomic mass is 9.91. The van der Waals surface area contributed by atoms with Gasteiger partial charge in [-0.15, -0.1) is 0 Å². The van der Waals surface area contributed by atoms with Gasteiger partial charge in [0.15, 0.2) is 0 Å². The molecule has 2 aliphatic heterocycles. The highest BCUT2D eigenvalue weighted by Crippen LogP contribution is 2.32. The molecule has 180 valence electrons. The van der Waals surface area contributed by atoms with E-state index in [1.807, 2.05) is 20.8 Å². The van der Waals surface area contributed by atoms with Gasteiger partial charge in [-0.3, -0.25) is 4.90 Å². The number of alkyl halides is 3. The van der Waals surface area contributed by atoms with Crippen molar-refractivity contribution < 1.29 is 27.4 Å². The number of carbonyl (C=O) groups excluding carboxylic acids is 1. The summed E-state index contributed by atoms with van der Waals surface area (Å²) in [5.74, 6) is 0.509. The normalized spacial score (nSPS) is 21.8. The number of carbonyl (C=O) groups is 1. The number of amides is 1. The lowest BCUT2D eigenvalue weighted by Crippen LogP contribution is -2.50. The molecule has 0 bridgehead atoms. The van der Waals surface area contributed by atoms with E-state index < -0.39 is 17.3 Å². The molecule has 32 heavy (non-hydrogen) atoms. The van der Waals surface area contributed by atoms with Crippen LogP contribution in [0, 0.1) is 5.92 Å². The average Bonchev–Trinajstić information content (AvgIpc) is 2.73. The van der Waals surface area contributed by atoms with E-state index >= 15 is 0 Å². The van der Waals surface area contributed by atoms with Crippen LogP contribution in [0.3, 0.4) is 0 Å². The van der Waals surface area contributed by atoms with Crippen molar-refractivity contribution in [1.82, 2.24) is 9.80 Å². The molecule has 0 radical (unpaired) electrons. The van der Waals surface area contributed by atoms with E-state index in [1.54, 1.807) is 4.90 Å². The summed E-state index contributed by atoms with van der Waals surface area (Å²) < 4.78 is 50.6. The molecule has 0 aliphatic carbocycles. The van der Waals surface area contributed by atoms with Gasteiger partial charge in [-0.2, -0.15) is 13.2 Å². The van der Waals surface area contributed by atoms with E-state index in [-0.39, 0.29) is 18.1 Å². The summed E-state index contributed by atoms with van der Waals surface area (Å²) in [6.07, 6.45) is 0.335. The molecule has 1 aromatic carbocycles. The van der Waals surface area contributed by atoms with Crippen LogP contribution in [0.4, 0.5) is 18.0 Å². The second-order valence-electron chi connectivity index (χ2n) is 9.87. The molecule has 0 spiro atoms. The molecular weight excluding hydrogens is 421 g/mol. The highest BCUT2D eigenvalue weighted by atomic mass is 19.4. The van der Waals surface area contributed by atoms with E-state index in [0.29, 0.717) is 25.4 Å². The van der Waals surface area contributed by atoms with Crippen molar-refractivity contribution in [3.05, 3.63) is 29.8 Å². The SMILES string of the molecule is CC(C)(C)OC(=O)N1CCCC(C(CN2CCCCC2)Oc2ccc(C(F)(F)F)cc2)C1. The first-order valence-corrected chi connectivity index (χ1v) is 11.6. The van der Waals surface area contributed by atoms with Crippen LogP contribution in [0.2, 0.25) is 0 Å². The van der Waals surface area contributed by atoms with E-state index in [0.717, 1.165) is 50.9 Å². The third-order valence-corrected chi connectivity index (χ3v) is 5.99. The number of rotatable bonds is 5. The van der Waals surface area contributed by atoms with Crippen molar-refractivity contribution in [3.63, 3.8) is 0 Å². The molecule has 2 saturated heterocycles. The van der Waals surface area contributed by atoms with Crippen molar-refractivity contribution in [1.29, 1.82) is 0 Å². The van der Waals surface area contributed by atoms with Crippen LogP contribution < -0.4 is 4.74 Å². The minimum absolute atomic E-state index is 0.0838. The molecule has 0 aromatic heterocycles. The first-order chi connectivity index (χ1) is 15.0. The molecule has 1 amide bonds. The molecule has 0 saturated carbocycles. The van der Waals surface area contributed by atoms with Crippen molar-refractivity contribution >= 4 is 6.09 Å². The van der Waals surface area contributed by atoms with Gasteiger partial charge in [0.1, 0.15) is 17.5 Å². The van der Waals surface area contributed by atoms with Gasteiger partial charge < -0.3 is 14.4 Å². The number of piperidine rings is 2. The first kappa shape index (κ1) is 24.7. The second-order valence-corrected chi connectivity index (χ2v) is 9.87. The number of benzene rings is 1. The monoisotopic (exact) mass is 456 g/mol. The Hall–Kier alpha value is -1.96. The van der Waals surface area contributed by atoms with Crippen LogP contribution in [0.1, 0.15) is 58.4 Å². The minimum atomic E-state index is -4.37. The maximum Gasteiger partial charge on any atom is 0.416 e. The van der Waals surface area contributed by atoms with E-state index in [4.69, 9.17) is 9.47 Å². The lowest BCUT2D eigenvalue weighted by molar-refractivity contribution is -0.137. The molecule has 8 heteroatoms. The zero-order valence-electron chi connectivity index (χ0n) is 19.3. The quantitative estimate of drug-likeness (QED) is 0.580. The molecule has 2 fully saturated rings. The fraction of sp³-hybridized carbons (Fsp3) is 0.708. The van der Waals surface area contributed by atoms with Gasteiger partial charge in [-0.05, 0) is 83.8 Å². The van der Waals surface area contributed by atoms with Crippen molar-refractivity contribution in [3.8, 4) is 5.75 Å². The Labute approximate surface area is 188 Å². The molecular formula is C24H35F3N2O3. The fourth-order valence-electron chi connectivity index (χ4n) is 4.38. The second kappa shape index (κ2) is 10.3. The first-order valence-electron chi connectivity index (χ1n) is 11.6. The van der Waals surface area contributed by atoms with Gasteiger partial charge in [0.25, 0.3) is 0 Å². The molecule has 1 aromatic rings. The molecule has 5 nitrogen and oxygen atoms in total. The summed E-state index contributed by atoms with van der Waals surface area (Å²) in [6, 6.07) is 4.89. The number of hydrogen-bond acceptors (Lipinski definition) is 4. The van der Waals surface area contributed by atoms with Gasteiger partial charge in [0.2, 0.25) is 0 Å². The average molecular weight is 457 g/mol. The van der Waals surface area contributed by atoms with Crippen LogP contribution in [-0.4, -0.2) is 60.3 Å². The number of hydrogen-bond donors (Lipinski definition) is 0. The van der Waals surface area contributed by atoms with Crippen LogP contribution in [0.15, 0.2) is 24.3 Å². The smallest absolute Gasteiger partial charge is 0.416 e. The third-order valence-electron chi connectivity index (χ3n) is 5.99. The Balaban J connectivity index is 1.72. The molecule has 2 heterocycles. The van der Waals surface area contributed by atoms with Crippen molar-refractivity contribution in [2.45, 2.75) is 70.8 Å². The van der Waals surface area contributed by atoms with Crippen molar-refractivity contribution in [2.75, 3.05) is 32.7 Å². The molecule has 0 N–H and O–H groups in total. The zero-order valence-corrected chi connectivity index (χ0v) is 19.3. The van der Waals surface area contributed by atoms with Crippen LogP contribution >= 0.6 is 0 Å². The molecule has 2 aliphatic rings. The maximum atomic E-state index is 12.9. The van der Waals surface area contributed by atoms with Gasteiger partial charge in [-0.25, -0.2) is 4.79 Å². The lowest BCUT2D eigenvalue weighted by Gasteiger charge is -2.39. The zero-order chi connectivity index (χ0) is 23.4. The number of nitrogens with zero attached hydrogens (tertiary/aromatic N) is 2. The molecule has 3 rings (SSSR count). The summed E-state index contributed by atoms with van der Waals surface area (Å²) >= 11 is 0. The number of likely N-dealkylation sites (tertiary alicyclic amines) is 2. The Morgan fingerprint density at radius 1 is 1.03 bits per heavy atom. The Morgan fingerprint density at radius 2 is 1.69 bits per heavy atom. The highest BCUT2D eigenvalue weighted by Gasteiger charge is 2.34. The fourth-order valence-corrected chi connectivity index (χ4v) is 4.38. The predicted octanol–water partition coefficient (Wildman–Crippen LogP) is 5.59. The topological polar surface area (TPSA) is 42.0 Å². The van der Waals surface area contributed by atoms with Gasteiger partial charge >= 0.3 is 12.3 Å². The summed E-state index contributed by atoms with van der Waals surface area (Å²) in [5.41, 5.74) is -1.25. The summed E-state index contributed by atoms with van der Waals surface area (Å²) in [5, 5.41) is 0. The van der Waals surface area contributed by atoms with Crippen LogP contribution in [0.5, 0.6) is 5.75 Å². The summed E-state index contributed by atoms with van der Waals surface area (Å²) in [6.45, 7) is 9.40. The van der Waals surface area contributed by atoms with E-state index in [2.05, 4.69) is 4.90 Å². The number of halogens is 3. The van der Waals surface area contributed by atoms with Gasteiger partial charge in [0, 0.05) is 25.6 Å². The summed E-state index contributed by atoms with van der Waals surface area (Å²) in [4.78, 5) is 16.7. The Morgan fingerprint density at radius 3 is 2.28 bits per heavy atom. The van der Waals surface area contributed by atoms with Gasteiger partial charge in [-0.1, -0.05) is 6.42 Å². The van der Waals surface area contributed by atoms with E-state index in [9.17, 15) is 18.0 Å². The minimum Gasteiger partial charge on any atom is -0.489 e. The maximum absolute atomic E-state index is 12.9. The predicted molar refractivity (Wildman–Crippen MR) is 117 cm³/mol. The number of ether oxygens (including phenoxy) is 2. The Bertz CT molecular complexity index is 740.